The summed E-state index contributed by atoms with van der Waals surface area (Å²) in [5.41, 5.74) is 2.29. The van der Waals surface area contributed by atoms with E-state index in [0.29, 0.717) is 35.6 Å². The maximum atomic E-state index is 13.6. The Kier molecular flexibility index (Phi) is 5.96. The number of benzene rings is 2. The third kappa shape index (κ3) is 4.15. The van der Waals surface area contributed by atoms with Gasteiger partial charge in [-0.1, -0.05) is 42.1 Å². The van der Waals surface area contributed by atoms with Gasteiger partial charge in [-0.2, -0.15) is 0 Å². The number of nitrogens with one attached hydrogen (secondary N) is 2. The normalized spacial score (nSPS) is 13.7. The monoisotopic (exact) mass is 424 g/mol. The largest absolute Gasteiger partial charge is 0.377 e. The highest BCUT2D eigenvalue weighted by Crippen LogP contribution is 2.27. The third-order valence-corrected chi connectivity index (χ3v) is 5.83. The standard InChI is InChI=1S/C22H21FN4O2S/c1-14-5-2-3-8-19(14)27-21(28)18(10-24)20(25-17-11-29-12-17)26-22(27)30-13-15-6-4-7-16(23)9-15/h2-10,17,24-25H,11-13H2,1H3. The zero-order valence-corrected chi connectivity index (χ0v) is 17.2. The van der Waals surface area contributed by atoms with E-state index in [-0.39, 0.29) is 23.0 Å². The second-order valence-corrected chi connectivity index (χ2v) is 7.97. The van der Waals surface area contributed by atoms with Crippen LogP contribution in [0.1, 0.15) is 16.7 Å². The van der Waals surface area contributed by atoms with Gasteiger partial charge in [-0.05, 0) is 36.2 Å². The molecule has 2 aromatic carbocycles. The van der Waals surface area contributed by atoms with E-state index in [9.17, 15) is 9.18 Å². The van der Waals surface area contributed by atoms with E-state index < -0.39 is 0 Å². The van der Waals surface area contributed by atoms with Gasteiger partial charge in [0.2, 0.25) is 0 Å². The van der Waals surface area contributed by atoms with Gasteiger partial charge in [0.25, 0.3) is 5.56 Å². The molecular weight excluding hydrogens is 403 g/mol. The summed E-state index contributed by atoms with van der Waals surface area (Å²) in [6.07, 6.45) is 1.03. The molecular formula is C22H21FN4O2S. The van der Waals surface area contributed by atoms with Gasteiger partial charge in [0, 0.05) is 12.0 Å². The van der Waals surface area contributed by atoms with E-state index in [0.717, 1.165) is 17.3 Å². The zero-order valence-electron chi connectivity index (χ0n) is 16.4. The third-order valence-electron chi connectivity index (χ3n) is 4.82. The molecule has 0 spiro atoms. The zero-order chi connectivity index (χ0) is 21.1. The lowest BCUT2D eigenvalue weighted by Crippen LogP contribution is -2.41. The van der Waals surface area contributed by atoms with Crippen LogP contribution in [-0.2, 0) is 10.5 Å². The van der Waals surface area contributed by atoms with Crippen molar-refractivity contribution in [1.29, 1.82) is 5.41 Å². The molecule has 1 aliphatic heterocycles. The number of hydrogen-bond acceptors (Lipinski definition) is 6. The summed E-state index contributed by atoms with van der Waals surface area (Å²) >= 11 is 1.35. The Morgan fingerprint density at radius 1 is 1.30 bits per heavy atom. The highest BCUT2D eigenvalue weighted by atomic mass is 32.2. The number of aromatic nitrogens is 2. The van der Waals surface area contributed by atoms with Crippen molar-refractivity contribution >= 4 is 23.8 Å². The van der Waals surface area contributed by atoms with Crippen molar-refractivity contribution in [3.63, 3.8) is 0 Å². The molecule has 0 radical (unpaired) electrons. The lowest BCUT2D eigenvalue weighted by Gasteiger charge is -2.28. The molecule has 6 nitrogen and oxygen atoms in total. The molecule has 2 N–H and O–H groups in total. The van der Waals surface area contributed by atoms with Gasteiger partial charge in [-0.15, -0.1) is 0 Å². The quantitative estimate of drug-likeness (QED) is 0.343. The van der Waals surface area contributed by atoms with Gasteiger partial charge in [0.1, 0.15) is 17.2 Å². The lowest BCUT2D eigenvalue weighted by atomic mass is 10.2. The molecule has 8 heteroatoms. The fraction of sp³-hybridized carbons (Fsp3) is 0.227. The van der Waals surface area contributed by atoms with Crippen LogP contribution in [0.2, 0.25) is 0 Å². The smallest absolute Gasteiger partial charge is 0.269 e. The molecule has 1 fully saturated rings. The average Bonchev–Trinajstić information content (AvgIpc) is 2.70. The van der Waals surface area contributed by atoms with E-state index in [1.807, 2.05) is 37.3 Å². The first kappa shape index (κ1) is 20.3. The van der Waals surface area contributed by atoms with Gasteiger partial charge in [-0.3, -0.25) is 9.36 Å². The summed E-state index contributed by atoms with van der Waals surface area (Å²) in [6, 6.07) is 14.0. The summed E-state index contributed by atoms with van der Waals surface area (Å²) in [5, 5.41) is 11.5. The summed E-state index contributed by atoms with van der Waals surface area (Å²) in [6.45, 7) is 2.99. The fourth-order valence-corrected chi connectivity index (χ4v) is 4.11. The van der Waals surface area contributed by atoms with Crippen LogP contribution in [0.15, 0.2) is 58.5 Å². The highest BCUT2D eigenvalue weighted by Gasteiger charge is 2.23. The number of ether oxygens (including phenoxy) is 1. The van der Waals surface area contributed by atoms with Crippen LogP contribution in [0.25, 0.3) is 5.69 Å². The Hall–Kier alpha value is -2.97. The van der Waals surface area contributed by atoms with Gasteiger partial charge in [0.15, 0.2) is 5.16 Å². The SMILES string of the molecule is Cc1ccccc1-n1c(SCc2cccc(F)c2)nc(NC2COC2)c(C=N)c1=O. The number of anilines is 1. The molecule has 154 valence electrons. The molecule has 0 atom stereocenters. The Morgan fingerprint density at radius 2 is 2.10 bits per heavy atom. The van der Waals surface area contributed by atoms with Gasteiger partial charge < -0.3 is 15.5 Å². The van der Waals surface area contributed by atoms with Crippen LogP contribution in [0, 0.1) is 18.2 Å². The number of nitrogens with zero attached hydrogens (tertiary/aromatic N) is 2. The minimum Gasteiger partial charge on any atom is -0.377 e. The van der Waals surface area contributed by atoms with Crippen LogP contribution < -0.4 is 10.9 Å². The molecule has 0 unspecified atom stereocenters. The first-order valence-electron chi connectivity index (χ1n) is 9.52. The number of thioether (sulfide) groups is 1. The number of hydrogen-bond donors (Lipinski definition) is 2. The van der Waals surface area contributed by atoms with Crippen LogP contribution in [0.4, 0.5) is 10.2 Å². The maximum absolute atomic E-state index is 13.6. The Balaban J connectivity index is 1.80. The Labute approximate surface area is 177 Å². The summed E-state index contributed by atoms with van der Waals surface area (Å²) in [5.74, 6) is 0.519. The first-order chi connectivity index (χ1) is 14.6. The van der Waals surface area contributed by atoms with Crippen molar-refractivity contribution in [3.05, 3.63) is 81.4 Å². The first-order valence-corrected chi connectivity index (χ1v) is 10.5. The van der Waals surface area contributed by atoms with Crippen molar-refractivity contribution in [2.45, 2.75) is 23.9 Å². The lowest BCUT2D eigenvalue weighted by molar-refractivity contribution is 0.0209. The van der Waals surface area contributed by atoms with Crippen molar-refractivity contribution < 1.29 is 9.13 Å². The Bertz CT molecular complexity index is 1140. The number of rotatable bonds is 7. The molecule has 0 amide bonds. The molecule has 4 rings (SSSR count). The van der Waals surface area contributed by atoms with Gasteiger partial charge in [0.05, 0.1) is 24.9 Å². The maximum Gasteiger partial charge on any atom is 0.269 e. The van der Waals surface area contributed by atoms with Gasteiger partial charge in [-0.25, -0.2) is 9.37 Å². The van der Waals surface area contributed by atoms with E-state index >= 15 is 0 Å². The summed E-state index contributed by atoms with van der Waals surface area (Å²) in [4.78, 5) is 18.1. The Morgan fingerprint density at radius 3 is 2.77 bits per heavy atom. The number of halogens is 1. The average molecular weight is 425 g/mol. The van der Waals surface area contributed by atoms with Crippen LogP contribution in [0.3, 0.4) is 0 Å². The molecule has 0 aliphatic carbocycles. The second-order valence-electron chi connectivity index (χ2n) is 7.03. The van der Waals surface area contributed by atoms with E-state index in [1.165, 1.54) is 28.5 Å². The molecule has 30 heavy (non-hydrogen) atoms. The molecule has 0 bridgehead atoms. The van der Waals surface area contributed by atoms with Gasteiger partial charge >= 0.3 is 0 Å². The predicted octanol–water partition coefficient (Wildman–Crippen LogP) is 3.78. The minimum absolute atomic E-state index is 0.0611. The van der Waals surface area contributed by atoms with E-state index in [4.69, 9.17) is 15.1 Å². The molecule has 1 saturated heterocycles. The van der Waals surface area contributed by atoms with Crippen LogP contribution in [-0.4, -0.2) is 35.0 Å². The minimum atomic E-state index is -0.321. The summed E-state index contributed by atoms with van der Waals surface area (Å²) < 4.78 is 20.3. The van der Waals surface area contributed by atoms with Crippen molar-refractivity contribution in [2.24, 2.45) is 0 Å². The number of aryl methyl sites for hydroxylation is 1. The van der Waals surface area contributed by atoms with Crippen molar-refractivity contribution in [2.75, 3.05) is 18.5 Å². The highest BCUT2D eigenvalue weighted by molar-refractivity contribution is 7.98. The fourth-order valence-electron chi connectivity index (χ4n) is 3.17. The van der Waals surface area contributed by atoms with E-state index in [2.05, 4.69) is 5.32 Å². The molecule has 1 aromatic heterocycles. The topological polar surface area (TPSA) is 80.0 Å². The molecule has 1 aliphatic rings. The predicted molar refractivity (Wildman–Crippen MR) is 117 cm³/mol. The van der Waals surface area contributed by atoms with Crippen molar-refractivity contribution in [3.8, 4) is 5.69 Å². The van der Waals surface area contributed by atoms with E-state index in [1.54, 1.807) is 6.07 Å². The van der Waals surface area contributed by atoms with Crippen LogP contribution in [0.5, 0.6) is 0 Å². The molecule has 2 heterocycles. The summed E-state index contributed by atoms with van der Waals surface area (Å²) in [7, 11) is 0. The molecule has 0 saturated carbocycles. The molecule has 3 aromatic rings. The number of para-hydroxylation sites is 1. The second kappa shape index (κ2) is 8.81. The van der Waals surface area contributed by atoms with Crippen LogP contribution >= 0.6 is 11.8 Å². The van der Waals surface area contributed by atoms with Crippen molar-refractivity contribution in [1.82, 2.24) is 9.55 Å².